The molecule has 4 fully saturated rings. The number of halogens is 1. The van der Waals surface area contributed by atoms with Crippen molar-refractivity contribution < 1.29 is 19.1 Å². The first-order chi connectivity index (χ1) is 27.3. The number of nitrogens with zero attached hydrogens (tertiary/aromatic N) is 7. The molecule has 1 aliphatic carbocycles. The normalized spacial score (nSPS) is 22.8. The molecule has 8 rings (SSSR count). The van der Waals surface area contributed by atoms with E-state index in [9.17, 15) is 19.6 Å². The van der Waals surface area contributed by atoms with E-state index >= 15 is 0 Å². The fraction of sp³-hybridized carbons (Fsp3) is 0.488. The first-order valence-electron chi connectivity index (χ1n) is 20.0. The summed E-state index contributed by atoms with van der Waals surface area (Å²) in [7, 11) is 0. The number of likely N-dealkylation sites (tertiary alicyclic amines) is 1. The number of imide groups is 1. The highest BCUT2D eigenvalue weighted by Crippen LogP contribution is 2.55. The highest BCUT2D eigenvalue weighted by atomic mass is 35.5. The monoisotopic (exact) mass is 791 g/mol. The average Bonchev–Trinajstić information content (AvgIpc) is 3.64. The van der Waals surface area contributed by atoms with Crippen LogP contribution < -0.4 is 25.2 Å². The molecule has 4 amide bonds. The number of benzene rings is 2. The number of piperidine rings is 2. The van der Waals surface area contributed by atoms with Crippen LogP contribution in [0.3, 0.4) is 0 Å². The molecule has 57 heavy (non-hydrogen) atoms. The van der Waals surface area contributed by atoms with E-state index < -0.39 is 0 Å². The van der Waals surface area contributed by atoms with Gasteiger partial charge in [-0.1, -0.05) is 45.4 Å². The van der Waals surface area contributed by atoms with Crippen LogP contribution in [0.2, 0.25) is 5.02 Å². The predicted octanol–water partition coefficient (Wildman–Crippen LogP) is 6.57. The number of carbonyl (C=O) groups excluding carboxylic acids is 3. The fourth-order valence-electron chi connectivity index (χ4n) is 9.95. The van der Waals surface area contributed by atoms with Gasteiger partial charge in [0.15, 0.2) is 0 Å². The smallest absolute Gasteiger partial charge is 0.328 e. The number of hydrogen-bond donors (Lipinski definition) is 2. The van der Waals surface area contributed by atoms with Crippen molar-refractivity contribution in [1.29, 1.82) is 5.26 Å². The minimum Gasteiger partial charge on any atom is -0.489 e. The van der Waals surface area contributed by atoms with Crippen molar-refractivity contribution in [1.82, 2.24) is 30.3 Å². The van der Waals surface area contributed by atoms with Crippen molar-refractivity contribution in [2.45, 2.75) is 78.0 Å². The van der Waals surface area contributed by atoms with Crippen LogP contribution in [0.1, 0.15) is 81.8 Å². The van der Waals surface area contributed by atoms with Crippen molar-refractivity contribution in [2.75, 3.05) is 49.1 Å². The second-order valence-electron chi connectivity index (χ2n) is 17.2. The number of anilines is 2. The Labute approximate surface area is 338 Å². The minimum absolute atomic E-state index is 0.135. The second-order valence-corrected chi connectivity index (χ2v) is 17.6. The van der Waals surface area contributed by atoms with Crippen molar-refractivity contribution in [2.24, 2.45) is 16.7 Å². The van der Waals surface area contributed by atoms with E-state index in [2.05, 4.69) is 64.9 Å². The number of ether oxygens (including phenoxy) is 1. The van der Waals surface area contributed by atoms with Gasteiger partial charge in [-0.25, -0.2) is 9.78 Å². The molecule has 2 N–H and O–H groups in total. The zero-order valence-corrected chi connectivity index (χ0v) is 33.8. The quantitative estimate of drug-likeness (QED) is 0.192. The lowest BCUT2D eigenvalue weighted by molar-refractivity contribution is -0.164. The van der Waals surface area contributed by atoms with Gasteiger partial charge in [-0.3, -0.25) is 24.5 Å². The molecule has 3 aliphatic heterocycles. The van der Waals surface area contributed by atoms with E-state index in [4.69, 9.17) is 26.4 Å². The molecule has 5 heterocycles. The summed E-state index contributed by atoms with van der Waals surface area (Å²) >= 11 is 6.25. The number of rotatable bonds is 9. The van der Waals surface area contributed by atoms with Crippen LogP contribution in [0.4, 0.5) is 16.3 Å². The van der Waals surface area contributed by atoms with Crippen LogP contribution in [0, 0.1) is 28.1 Å². The summed E-state index contributed by atoms with van der Waals surface area (Å²) in [5.41, 5.74) is 2.03. The van der Waals surface area contributed by atoms with Gasteiger partial charge in [0.1, 0.15) is 23.7 Å². The molecule has 13 nitrogen and oxygen atoms in total. The number of nitrogens with one attached hydrogen (secondary N) is 2. The van der Waals surface area contributed by atoms with Crippen LogP contribution in [-0.4, -0.2) is 88.9 Å². The number of carbonyl (C=O) groups is 3. The van der Waals surface area contributed by atoms with Crippen molar-refractivity contribution in [3.63, 3.8) is 0 Å². The van der Waals surface area contributed by atoms with E-state index in [1.807, 2.05) is 30.5 Å². The predicted molar refractivity (Wildman–Crippen MR) is 219 cm³/mol. The van der Waals surface area contributed by atoms with Crippen molar-refractivity contribution in [3.8, 4) is 11.8 Å². The van der Waals surface area contributed by atoms with Crippen LogP contribution in [0.15, 0.2) is 60.9 Å². The fourth-order valence-corrected chi connectivity index (χ4v) is 10.2. The number of pyridine rings is 1. The zero-order chi connectivity index (χ0) is 40.1. The van der Waals surface area contributed by atoms with Gasteiger partial charge in [-0.05, 0) is 68.0 Å². The lowest BCUT2D eigenvalue weighted by atomic mass is 9.49. The number of amides is 4. The van der Waals surface area contributed by atoms with Gasteiger partial charge in [0, 0.05) is 80.2 Å². The Morgan fingerprint density at radius 2 is 1.74 bits per heavy atom. The Hall–Kier alpha value is -5.19. The molecule has 1 saturated carbocycles. The SMILES string of the molecule is CC1(C)C(NC(=O)c2ccc(N3CCC(CN4CCC(n5ncc6c(N7CCC(=O)NC7=O)cccc65)CC4)CC3)nc2)C(C)(C)C1Oc1ccc(C#N)c(Cl)c1. The molecule has 4 aromatic rings. The first-order valence-corrected chi connectivity index (χ1v) is 20.4. The lowest BCUT2D eigenvalue weighted by Gasteiger charge is -2.63. The summed E-state index contributed by atoms with van der Waals surface area (Å²) in [6.07, 6.45) is 7.86. The number of nitriles is 1. The second kappa shape index (κ2) is 15.3. The topological polar surface area (TPSA) is 149 Å². The summed E-state index contributed by atoms with van der Waals surface area (Å²) in [6.45, 7) is 13.7. The van der Waals surface area contributed by atoms with Crippen molar-refractivity contribution in [3.05, 3.63) is 77.1 Å². The molecule has 298 valence electrons. The first kappa shape index (κ1) is 38.7. The summed E-state index contributed by atoms with van der Waals surface area (Å²) in [5, 5.41) is 21.0. The van der Waals surface area contributed by atoms with Gasteiger partial charge in [-0.15, -0.1) is 0 Å². The van der Waals surface area contributed by atoms with E-state index in [0.29, 0.717) is 40.4 Å². The maximum Gasteiger partial charge on any atom is 0.328 e. The van der Waals surface area contributed by atoms with E-state index in [0.717, 1.165) is 80.8 Å². The summed E-state index contributed by atoms with van der Waals surface area (Å²) in [6, 6.07) is 16.7. The summed E-state index contributed by atoms with van der Waals surface area (Å²) < 4.78 is 8.51. The van der Waals surface area contributed by atoms with Gasteiger partial charge >= 0.3 is 6.03 Å². The standard InChI is InChI=1S/C43H50ClN9O4/c1-42(2)39(43(3,4)40(42)57-31-10-8-28(23-45)33(44)22-31)49-38(55)29-9-11-36(46-24-29)51-19-12-27(13-20-51)26-50-17-14-30(15-18-50)53-35-7-5-6-34(32(35)25-47-53)52-21-16-37(54)48-41(52)56/h5-11,22,24-25,27,30,39-40H,12-21,26H2,1-4H3,(H,49,55)(H,48,54,56). The largest absolute Gasteiger partial charge is 0.489 e. The maximum atomic E-state index is 13.5. The number of urea groups is 1. The highest BCUT2D eigenvalue weighted by Gasteiger charge is 2.64. The Morgan fingerprint density at radius 1 is 0.982 bits per heavy atom. The van der Waals surface area contributed by atoms with Gasteiger partial charge in [-0.2, -0.15) is 10.4 Å². The molecule has 4 aliphatic rings. The third-order valence-corrected chi connectivity index (χ3v) is 13.1. The molecule has 0 spiro atoms. The number of hydrogen-bond acceptors (Lipinski definition) is 9. The van der Waals surface area contributed by atoms with Gasteiger partial charge < -0.3 is 19.9 Å². The molecular formula is C43H50ClN9O4. The van der Waals surface area contributed by atoms with Crippen molar-refractivity contribution >= 4 is 51.9 Å². The lowest BCUT2D eigenvalue weighted by Crippen LogP contribution is -2.74. The Bertz CT molecular complexity index is 2200. The van der Waals surface area contributed by atoms with E-state index in [1.165, 1.54) is 0 Å². The molecule has 0 unspecified atom stereocenters. The number of fused-ring (bicyclic) bond motifs is 1. The summed E-state index contributed by atoms with van der Waals surface area (Å²) in [5.74, 6) is 1.72. The maximum absolute atomic E-state index is 13.5. The van der Waals surface area contributed by atoms with E-state index in [-0.39, 0.29) is 47.2 Å². The van der Waals surface area contributed by atoms with Crippen LogP contribution in [-0.2, 0) is 4.79 Å². The average molecular weight is 792 g/mol. The Morgan fingerprint density at radius 3 is 2.40 bits per heavy atom. The van der Waals surface area contributed by atoms with Gasteiger partial charge in [0.05, 0.1) is 39.6 Å². The number of aromatic nitrogens is 3. The molecule has 0 atom stereocenters. The van der Waals surface area contributed by atoms with Crippen LogP contribution in [0.5, 0.6) is 5.75 Å². The molecule has 3 saturated heterocycles. The molecule has 0 radical (unpaired) electrons. The molecular weight excluding hydrogens is 742 g/mol. The van der Waals surface area contributed by atoms with E-state index in [1.54, 1.807) is 29.3 Å². The van der Waals surface area contributed by atoms with Gasteiger partial charge in [0.2, 0.25) is 5.91 Å². The van der Waals surface area contributed by atoms with Crippen LogP contribution in [0.25, 0.3) is 10.9 Å². The minimum atomic E-state index is -0.381. The summed E-state index contributed by atoms with van der Waals surface area (Å²) in [4.78, 5) is 49.0. The Kier molecular flexibility index (Phi) is 10.4. The van der Waals surface area contributed by atoms with Gasteiger partial charge in [0.25, 0.3) is 5.91 Å². The molecule has 2 aromatic carbocycles. The molecule has 2 aromatic heterocycles. The van der Waals surface area contributed by atoms with Crippen LogP contribution >= 0.6 is 11.6 Å². The molecule has 0 bridgehead atoms. The third-order valence-electron chi connectivity index (χ3n) is 12.8. The molecule has 14 heteroatoms. The zero-order valence-electron chi connectivity index (χ0n) is 33.0. The highest BCUT2D eigenvalue weighted by molar-refractivity contribution is 6.31. The Balaban J connectivity index is 0.800. The third kappa shape index (κ3) is 7.41.